The van der Waals surface area contributed by atoms with E-state index >= 15 is 0 Å². The normalized spacial score (nSPS) is 20.2. The average Bonchev–Trinajstić information content (AvgIpc) is 3.38. The van der Waals surface area contributed by atoms with Crippen molar-refractivity contribution in [2.75, 3.05) is 20.3 Å². The lowest BCUT2D eigenvalue weighted by atomic mass is 9.68. The Morgan fingerprint density at radius 2 is 1.71 bits per heavy atom. The molecule has 1 aliphatic carbocycles. The van der Waals surface area contributed by atoms with Crippen molar-refractivity contribution < 1.29 is 39.2 Å². The SMILES string of the molecule is COC(=O)N1C(=O)[C@@H]2[C@@H](CC(COc3ccccc3)=C([C@H](O)CC/C(=C/c3ccc(O)c4ccccc34)c3ccccn3)[C@@H]2CO)C1=O. The molecule has 0 saturated carbocycles. The summed E-state index contributed by atoms with van der Waals surface area (Å²) in [4.78, 5) is 44.3. The third kappa shape index (κ3) is 6.32. The molecule has 3 N–H and O–H groups in total. The van der Waals surface area contributed by atoms with Crippen LogP contribution in [0.1, 0.15) is 30.5 Å². The van der Waals surface area contributed by atoms with Crippen LogP contribution in [0.25, 0.3) is 22.4 Å². The van der Waals surface area contributed by atoms with Crippen molar-refractivity contribution in [1.29, 1.82) is 0 Å². The molecule has 1 aliphatic heterocycles. The molecule has 0 spiro atoms. The second kappa shape index (κ2) is 14.2. The second-order valence-corrected chi connectivity index (χ2v) is 11.9. The lowest BCUT2D eigenvalue weighted by Crippen LogP contribution is -2.40. The Labute approximate surface area is 277 Å². The summed E-state index contributed by atoms with van der Waals surface area (Å²) in [5.74, 6) is -3.58. The molecule has 3 aromatic carbocycles. The van der Waals surface area contributed by atoms with Crippen LogP contribution in [0.2, 0.25) is 0 Å². The summed E-state index contributed by atoms with van der Waals surface area (Å²) in [6, 6.07) is 25.6. The van der Waals surface area contributed by atoms with Gasteiger partial charge >= 0.3 is 6.09 Å². The highest BCUT2D eigenvalue weighted by molar-refractivity contribution is 6.16. The lowest BCUT2D eigenvalue weighted by Gasteiger charge is -2.36. The average molecular weight is 649 g/mol. The van der Waals surface area contributed by atoms with E-state index in [0.29, 0.717) is 39.3 Å². The van der Waals surface area contributed by atoms with E-state index in [0.717, 1.165) is 23.6 Å². The minimum absolute atomic E-state index is 0.0122. The molecule has 0 radical (unpaired) electrons. The number of ether oxygens (including phenoxy) is 2. The Morgan fingerprint density at radius 1 is 0.979 bits per heavy atom. The van der Waals surface area contributed by atoms with E-state index in [9.17, 15) is 29.7 Å². The van der Waals surface area contributed by atoms with E-state index in [2.05, 4.69) is 4.98 Å². The monoisotopic (exact) mass is 648 g/mol. The van der Waals surface area contributed by atoms with Gasteiger partial charge in [-0.05, 0) is 83.3 Å². The number of aliphatic hydroxyl groups is 2. The molecule has 246 valence electrons. The van der Waals surface area contributed by atoms with Crippen LogP contribution in [0.15, 0.2) is 102 Å². The van der Waals surface area contributed by atoms with Crippen LogP contribution in [0.5, 0.6) is 11.5 Å². The number of hydrogen-bond acceptors (Lipinski definition) is 9. The number of phenolic OH excluding ortho intramolecular Hbond substituents is 1. The first kappa shape index (κ1) is 32.6. The van der Waals surface area contributed by atoms with Gasteiger partial charge in [0.1, 0.15) is 18.1 Å². The maximum absolute atomic E-state index is 13.5. The van der Waals surface area contributed by atoms with Crippen LogP contribution in [-0.4, -0.2) is 69.5 Å². The highest BCUT2D eigenvalue weighted by Gasteiger charge is 2.57. The fraction of sp³-hybridized carbons (Fsp3) is 0.263. The summed E-state index contributed by atoms with van der Waals surface area (Å²) < 4.78 is 10.8. The molecule has 3 amide bonds. The van der Waals surface area contributed by atoms with E-state index in [-0.39, 0.29) is 25.2 Å². The van der Waals surface area contributed by atoms with Crippen molar-refractivity contribution in [1.82, 2.24) is 9.88 Å². The number of para-hydroxylation sites is 1. The van der Waals surface area contributed by atoms with Gasteiger partial charge in [-0.25, -0.2) is 4.79 Å². The van der Waals surface area contributed by atoms with Gasteiger partial charge in [0.05, 0.1) is 37.4 Å². The Balaban J connectivity index is 1.36. The summed E-state index contributed by atoms with van der Waals surface area (Å²) in [5, 5.41) is 34.6. The fourth-order valence-electron chi connectivity index (χ4n) is 6.94. The first-order chi connectivity index (χ1) is 23.3. The van der Waals surface area contributed by atoms with Gasteiger partial charge in [-0.2, -0.15) is 4.90 Å². The molecule has 10 heteroatoms. The van der Waals surface area contributed by atoms with E-state index in [1.807, 2.05) is 72.8 Å². The number of phenols is 1. The molecule has 0 bridgehead atoms. The van der Waals surface area contributed by atoms with Crippen molar-refractivity contribution in [3.8, 4) is 11.5 Å². The van der Waals surface area contributed by atoms with Gasteiger partial charge in [0.15, 0.2) is 0 Å². The van der Waals surface area contributed by atoms with Crippen LogP contribution >= 0.6 is 0 Å². The number of aliphatic hydroxyl groups excluding tert-OH is 2. The van der Waals surface area contributed by atoms with E-state index in [4.69, 9.17) is 9.47 Å². The predicted molar refractivity (Wildman–Crippen MR) is 178 cm³/mol. The number of methoxy groups -OCH3 is 1. The summed E-state index contributed by atoms with van der Waals surface area (Å²) in [6.45, 7) is -0.517. The maximum atomic E-state index is 13.5. The van der Waals surface area contributed by atoms with Gasteiger partial charge in [0, 0.05) is 17.5 Å². The minimum atomic E-state index is -1.13. The lowest BCUT2D eigenvalue weighted by molar-refractivity contribution is -0.137. The number of hydrogen-bond donors (Lipinski definition) is 3. The number of carbonyl (C=O) groups excluding carboxylic acids is 3. The van der Waals surface area contributed by atoms with Crippen LogP contribution < -0.4 is 4.74 Å². The maximum Gasteiger partial charge on any atom is 0.423 e. The number of likely N-dealkylation sites (tertiary alicyclic amines) is 1. The molecule has 6 rings (SSSR count). The third-order valence-electron chi connectivity index (χ3n) is 9.20. The smallest absolute Gasteiger partial charge is 0.423 e. The Kier molecular flexibility index (Phi) is 9.65. The van der Waals surface area contributed by atoms with Crippen molar-refractivity contribution in [3.63, 3.8) is 0 Å². The van der Waals surface area contributed by atoms with E-state index < -0.39 is 48.4 Å². The molecule has 1 fully saturated rings. The zero-order valence-electron chi connectivity index (χ0n) is 26.4. The quantitative estimate of drug-likeness (QED) is 0.152. The molecular formula is C38H36N2O8. The standard InChI is InChI=1S/C38H36N2O8/c1-47-38(46)40-36(44)29-20-25(22-48-26-9-3-2-4-10-26)34(30(21-41)35(29)37(40)45)33(43)17-15-24(31-13-7-8-18-39-31)19-23-14-16-32(42)28-12-6-5-11-27(23)28/h2-14,16,18-19,29-30,33,35,41-43H,15,17,20-22H2,1H3/b24-19-/t29-,30+,33-,35-/m1/s1. The van der Waals surface area contributed by atoms with Crippen LogP contribution in [0.3, 0.4) is 0 Å². The zero-order chi connectivity index (χ0) is 33.8. The van der Waals surface area contributed by atoms with Crippen LogP contribution in [-0.2, 0) is 14.3 Å². The molecular weight excluding hydrogens is 612 g/mol. The molecule has 4 aromatic rings. The summed E-state index contributed by atoms with van der Waals surface area (Å²) >= 11 is 0. The molecule has 10 nitrogen and oxygen atoms in total. The van der Waals surface area contributed by atoms with Crippen LogP contribution in [0, 0.1) is 17.8 Å². The highest BCUT2D eigenvalue weighted by atomic mass is 16.5. The van der Waals surface area contributed by atoms with Crippen LogP contribution in [0.4, 0.5) is 4.79 Å². The molecule has 1 aromatic heterocycles. The summed E-state index contributed by atoms with van der Waals surface area (Å²) in [5.41, 5.74) is 3.41. The number of amides is 3. The number of carbonyl (C=O) groups is 3. The zero-order valence-corrected chi connectivity index (χ0v) is 26.4. The first-order valence-electron chi connectivity index (χ1n) is 15.8. The number of fused-ring (bicyclic) bond motifs is 2. The van der Waals surface area contributed by atoms with Gasteiger partial charge in [0.25, 0.3) is 0 Å². The molecule has 48 heavy (non-hydrogen) atoms. The number of imide groups is 3. The first-order valence-corrected chi connectivity index (χ1v) is 15.8. The topological polar surface area (TPSA) is 146 Å². The number of pyridine rings is 1. The van der Waals surface area contributed by atoms with Gasteiger partial charge in [-0.3, -0.25) is 14.6 Å². The number of rotatable bonds is 10. The van der Waals surface area contributed by atoms with Crippen molar-refractivity contribution in [2.45, 2.75) is 25.4 Å². The third-order valence-corrected chi connectivity index (χ3v) is 9.20. The van der Waals surface area contributed by atoms with Crippen molar-refractivity contribution >= 4 is 40.3 Å². The largest absolute Gasteiger partial charge is 0.507 e. The molecule has 1 saturated heterocycles. The molecule has 2 aliphatic rings. The van der Waals surface area contributed by atoms with Crippen molar-refractivity contribution in [2.24, 2.45) is 17.8 Å². The van der Waals surface area contributed by atoms with Crippen molar-refractivity contribution in [3.05, 3.63) is 114 Å². The van der Waals surface area contributed by atoms with Gasteiger partial charge < -0.3 is 24.8 Å². The second-order valence-electron chi connectivity index (χ2n) is 11.9. The Hall–Kier alpha value is -5.32. The number of benzene rings is 3. The Morgan fingerprint density at radius 3 is 2.42 bits per heavy atom. The number of aromatic hydroxyl groups is 1. The number of allylic oxidation sites excluding steroid dienone is 1. The fourth-order valence-corrected chi connectivity index (χ4v) is 6.94. The summed E-state index contributed by atoms with van der Waals surface area (Å²) in [7, 11) is 1.09. The van der Waals surface area contributed by atoms with Gasteiger partial charge in [-0.1, -0.05) is 54.6 Å². The number of nitrogens with zero attached hydrogens (tertiary/aromatic N) is 2. The molecule has 0 unspecified atom stereocenters. The van der Waals surface area contributed by atoms with E-state index in [1.165, 1.54) is 0 Å². The predicted octanol–water partition coefficient (Wildman–Crippen LogP) is 5.38. The molecule has 4 atom stereocenters. The summed E-state index contributed by atoms with van der Waals surface area (Å²) in [6.07, 6.45) is 2.09. The minimum Gasteiger partial charge on any atom is -0.507 e. The van der Waals surface area contributed by atoms with Gasteiger partial charge in [-0.15, -0.1) is 0 Å². The Bertz CT molecular complexity index is 1890. The molecule has 2 heterocycles. The highest BCUT2D eigenvalue weighted by Crippen LogP contribution is 2.46. The van der Waals surface area contributed by atoms with Gasteiger partial charge in [0.2, 0.25) is 11.8 Å². The van der Waals surface area contributed by atoms with E-state index in [1.54, 1.807) is 24.4 Å². The number of aromatic nitrogens is 1.